The quantitative estimate of drug-likeness (QED) is 0.519. The Morgan fingerprint density at radius 2 is 2.33 bits per heavy atom. The van der Waals surface area contributed by atoms with Crippen molar-refractivity contribution >= 4 is 21.6 Å². The maximum atomic E-state index is 11.3. The van der Waals surface area contributed by atoms with E-state index in [0.29, 0.717) is 24.7 Å². The summed E-state index contributed by atoms with van der Waals surface area (Å²) in [7, 11) is -2.83. The SMILES string of the molecule is Cc1cnc(NN)nc1NCC1CCS(=O)(=O)C1. The van der Waals surface area contributed by atoms with Gasteiger partial charge < -0.3 is 5.32 Å². The van der Waals surface area contributed by atoms with E-state index < -0.39 is 9.84 Å². The van der Waals surface area contributed by atoms with Crippen LogP contribution in [-0.2, 0) is 9.84 Å². The number of anilines is 2. The molecule has 0 aromatic carbocycles. The van der Waals surface area contributed by atoms with Gasteiger partial charge in [-0.1, -0.05) is 0 Å². The maximum absolute atomic E-state index is 11.3. The van der Waals surface area contributed by atoms with Gasteiger partial charge in [0.1, 0.15) is 5.82 Å². The number of aryl methyl sites for hydroxylation is 1. The van der Waals surface area contributed by atoms with Crippen LogP contribution in [-0.4, -0.2) is 36.4 Å². The minimum absolute atomic E-state index is 0.152. The molecule has 0 saturated carbocycles. The molecule has 8 heteroatoms. The molecule has 0 bridgehead atoms. The Morgan fingerprint density at radius 1 is 1.56 bits per heavy atom. The second kappa shape index (κ2) is 5.07. The molecule has 1 aliphatic rings. The monoisotopic (exact) mass is 271 g/mol. The van der Waals surface area contributed by atoms with E-state index in [1.165, 1.54) is 0 Å². The molecule has 1 unspecified atom stereocenters. The van der Waals surface area contributed by atoms with Gasteiger partial charge in [0.15, 0.2) is 9.84 Å². The summed E-state index contributed by atoms with van der Waals surface area (Å²) in [5, 5.41) is 3.16. The van der Waals surface area contributed by atoms with Gasteiger partial charge in [-0.15, -0.1) is 0 Å². The number of nitrogens with two attached hydrogens (primary N) is 1. The average Bonchev–Trinajstić information content (AvgIpc) is 2.68. The van der Waals surface area contributed by atoms with Gasteiger partial charge in [-0.2, -0.15) is 4.98 Å². The first-order valence-corrected chi connectivity index (χ1v) is 7.57. The number of nitrogens with one attached hydrogen (secondary N) is 2. The van der Waals surface area contributed by atoms with Crippen molar-refractivity contribution in [1.82, 2.24) is 9.97 Å². The number of aromatic nitrogens is 2. The predicted molar refractivity (Wildman–Crippen MR) is 69.8 cm³/mol. The van der Waals surface area contributed by atoms with Crippen molar-refractivity contribution in [3.8, 4) is 0 Å². The fourth-order valence-electron chi connectivity index (χ4n) is 1.96. The highest BCUT2D eigenvalue weighted by atomic mass is 32.2. The van der Waals surface area contributed by atoms with Crippen molar-refractivity contribution < 1.29 is 8.42 Å². The normalized spacial score (nSPS) is 21.8. The fourth-order valence-corrected chi connectivity index (χ4v) is 3.83. The Kier molecular flexibility index (Phi) is 3.67. The van der Waals surface area contributed by atoms with Crippen LogP contribution in [0.3, 0.4) is 0 Å². The Labute approximate surface area is 106 Å². The molecular formula is C10H17N5O2S. The lowest BCUT2D eigenvalue weighted by atomic mass is 10.1. The number of nitrogens with zero attached hydrogens (tertiary/aromatic N) is 2. The maximum Gasteiger partial charge on any atom is 0.239 e. The summed E-state index contributed by atoms with van der Waals surface area (Å²) in [6, 6.07) is 0. The lowest BCUT2D eigenvalue weighted by Gasteiger charge is -2.12. The van der Waals surface area contributed by atoms with Gasteiger partial charge in [0.05, 0.1) is 11.5 Å². The molecule has 1 aromatic heterocycles. The van der Waals surface area contributed by atoms with Gasteiger partial charge in [0.2, 0.25) is 5.95 Å². The minimum Gasteiger partial charge on any atom is -0.369 e. The van der Waals surface area contributed by atoms with E-state index in [9.17, 15) is 8.42 Å². The minimum atomic E-state index is -2.83. The van der Waals surface area contributed by atoms with E-state index in [-0.39, 0.29) is 17.4 Å². The summed E-state index contributed by atoms with van der Waals surface area (Å²) in [6.07, 6.45) is 2.37. The number of hydrogen-bond donors (Lipinski definition) is 3. The zero-order valence-electron chi connectivity index (χ0n) is 10.2. The molecule has 1 aromatic rings. The van der Waals surface area contributed by atoms with Gasteiger partial charge in [-0.05, 0) is 19.3 Å². The molecule has 18 heavy (non-hydrogen) atoms. The highest BCUT2D eigenvalue weighted by Gasteiger charge is 2.27. The van der Waals surface area contributed by atoms with Crippen molar-refractivity contribution in [1.29, 1.82) is 0 Å². The zero-order valence-corrected chi connectivity index (χ0v) is 11.0. The molecule has 0 spiro atoms. The molecule has 1 aliphatic heterocycles. The first-order chi connectivity index (χ1) is 8.50. The molecular weight excluding hydrogens is 254 g/mol. The third kappa shape index (κ3) is 3.08. The van der Waals surface area contributed by atoms with Crippen LogP contribution >= 0.6 is 0 Å². The summed E-state index contributed by atoms with van der Waals surface area (Å²) in [4.78, 5) is 8.16. The molecule has 0 amide bonds. The smallest absolute Gasteiger partial charge is 0.239 e. The van der Waals surface area contributed by atoms with Crippen LogP contribution in [0.2, 0.25) is 0 Å². The first kappa shape index (κ1) is 13.0. The van der Waals surface area contributed by atoms with Crippen LogP contribution in [0, 0.1) is 12.8 Å². The number of hydrogen-bond acceptors (Lipinski definition) is 7. The second-order valence-corrected chi connectivity index (χ2v) is 6.75. The molecule has 1 saturated heterocycles. The van der Waals surface area contributed by atoms with Crippen molar-refractivity contribution in [2.45, 2.75) is 13.3 Å². The van der Waals surface area contributed by atoms with Gasteiger partial charge in [-0.3, -0.25) is 5.43 Å². The summed E-state index contributed by atoms with van der Waals surface area (Å²) in [6.45, 7) is 2.48. The summed E-state index contributed by atoms with van der Waals surface area (Å²) in [5.41, 5.74) is 3.28. The lowest BCUT2D eigenvalue weighted by Crippen LogP contribution is -2.18. The van der Waals surface area contributed by atoms with Crippen LogP contribution < -0.4 is 16.6 Å². The number of rotatable bonds is 4. The van der Waals surface area contributed by atoms with Crippen molar-refractivity contribution in [3.05, 3.63) is 11.8 Å². The van der Waals surface area contributed by atoms with Crippen molar-refractivity contribution in [2.75, 3.05) is 28.8 Å². The summed E-state index contributed by atoms with van der Waals surface area (Å²) in [5.74, 6) is 6.96. The van der Waals surface area contributed by atoms with E-state index in [1.807, 2.05) is 6.92 Å². The van der Waals surface area contributed by atoms with Crippen LogP contribution in [0.1, 0.15) is 12.0 Å². The molecule has 4 N–H and O–H groups in total. The lowest BCUT2D eigenvalue weighted by molar-refractivity contribution is 0.595. The standard InChI is InChI=1S/C10H17N5O2S/c1-7-4-13-10(15-11)14-9(7)12-5-8-2-3-18(16,17)6-8/h4,8H,2-3,5-6,11H2,1H3,(H2,12,13,14,15). The average molecular weight is 271 g/mol. The molecule has 2 rings (SSSR count). The number of sulfone groups is 1. The zero-order chi connectivity index (χ0) is 13.2. The first-order valence-electron chi connectivity index (χ1n) is 5.75. The second-order valence-electron chi connectivity index (χ2n) is 4.52. The van der Waals surface area contributed by atoms with Crippen LogP contribution in [0.25, 0.3) is 0 Å². The molecule has 1 fully saturated rings. The molecule has 100 valence electrons. The third-order valence-corrected chi connectivity index (χ3v) is 4.82. The Hall–Kier alpha value is -1.41. The van der Waals surface area contributed by atoms with Crippen LogP contribution in [0.4, 0.5) is 11.8 Å². The number of nitrogen functional groups attached to an aromatic ring is 1. The Balaban J connectivity index is 1.98. The van der Waals surface area contributed by atoms with E-state index in [1.54, 1.807) is 6.20 Å². The van der Waals surface area contributed by atoms with E-state index in [2.05, 4.69) is 20.7 Å². The number of hydrazine groups is 1. The van der Waals surface area contributed by atoms with E-state index in [0.717, 1.165) is 5.56 Å². The van der Waals surface area contributed by atoms with E-state index >= 15 is 0 Å². The van der Waals surface area contributed by atoms with Gasteiger partial charge in [0.25, 0.3) is 0 Å². The Morgan fingerprint density at radius 3 is 2.94 bits per heavy atom. The molecule has 1 atom stereocenters. The van der Waals surface area contributed by atoms with Crippen LogP contribution in [0.15, 0.2) is 6.20 Å². The molecule has 7 nitrogen and oxygen atoms in total. The largest absolute Gasteiger partial charge is 0.369 e. The summed E-state index contributed by atoms with van der Waals surface area (Å²) < 4.78 is 22.7. The highest BCUT2D eigenvalue weighted by molar-refractivity contribution is 7.91. The van der Waals surface area contributed by atoms with Crippen molar-refractivity contribution in [3.63, 3.8) is 0 Å². The topological polar surface area (TPSA) is 110 Å². The van der Waals surface area contributed by atoms with Gasteiger partial charge in [0, 0.05) is 18.3 Å². The van der Waals surface area contributed by atoms with E-state index in [4.69, 9.17) is 5.84 Å². The van der Waals surface area contributed by atoms with Gasteiger partial charge >= 0.3 is 0 Å². The van der Waals surface area contributed by atoms with Crippen molar-refractivity contribution in [2.24, 2.45) is 11.8 Å². The van der Waals surface area contributed by atoms with Gasteiger partial charge in [-0.25, -0.2) is 19.2 Å². The molecule has 0 radical (unpaired) electrons. The fraction of sp³-hybridized carbons (Fsp3) is 0.600. The highest BCUT2D eigenvalue weighted by Crippen LogP contribution is 2.20. The molecule has 0 aliphatic carbocycles. The molecule has 2 heterocycles. The predicted octanol–water partition coefficient (Wildman–Crippen LogP) is -0.0828. The third-order valence-electron chi connectivity index (χ3n) is 2.99. The van der Waals surface area contributed by atoms with Crippen LogP contribution in [0.5, 0.6) is 0 Å². The Bertz CT molecular complexity index is 531. The summed E-state index contributed by atoms with van der Waals surface area (Å²) >= 11 is 0.